The van der Waals surface area contributed by atoms with Crippen molar-refractivity contribution in [1.82, 2.24) is 10.1 Å². The molecule has 1 aromatic carbocycles. The molecule has 0 aliphatic heterocycles. The molecule has 3 rings (SSSR count). The first-order valence-electron chi connectivity index (χ1n) is 7.26. The van der Waals surface area contributed by atoms with Crippen LogP contribution < -0.4 is 15.9 Å². The Labute approximate surface area is 143 Å². The number of anilines is 2. The highest BCUT2D eigenvalue weighted by Gasteiger charge is 2.09. The van der Waals surface area contributed by atoms with Crippen molar-refractivity contribution in [2.24, 2.45) is 5.10 Å². The van der Waals surface area contributed by atoms with E-state index in [1.807, 2.05) is 38.1 Å². The molecule has 2 heterocycles. The minimum absolute atomic E-state index is 0.432. The standard InChI is InChI=1S/C16H17N5O2S/c1-10-14(11(2)23-21-10)8-22-13-5-3-12(4-6-13)7-18-20-16-19-15(17)9-24-16/h3-7,9H,8,17H2,1-2H3,(H,19,20). The lowest BCUT2D eigenvalue weighted by Crippen LogP contribution is -1.98. The molecule has 0 radical (unpaired) electrons. The maximum Gasteiger partial charge on any atom is 0.205 e. The highest BCUT2D eigenvalue weighted by molar-refractivity contribution is 7.14. The van der Waals surface area contributed by atoms with Crippen molar-refractivity contribution in [3.05, 3.63) is 52.2 Å². The van der Waals surface area contributed by atoms with Crippen molar-refractivity contribution in [3.63, 3.8) is 0 Å². The number of ether oxygens (including phenoxy) is 1. The van der Waals surface area contributed by atoms with E-state index in [1.165, 1.54) is 11.3 Å². The molecular weight excluding hydrogens is 326 g/mol. The van der Waals surface area contributed by atoms with E-state index >= 15 is 0 Å². The molecule has 24 heavy (non-hydrogen) atoms. The molecule has 124 valence electrons. The Bertz CT molecular complexity index is 819. The van der Waals surface area contributed by atoms with Crippen LogP contribution in [0, 0.1) is 13.8 Å². The quantitative estimate of drug-likeness (QED) is 0.526. The van der Waals surface area contributed by atoms with Gasteiger partial charge in [0.25, 0.3) is 0 Å². The third kappa shape index (κ3) is 3.90. The number of nitrogens with zero attached hydrogens (tertiary/aromatic N) is 3. The fourth-order valence-corrected chi connectivity index (χ4v) is 2.56. The highest BCUT2D eigenvalue weighted by atomic mass is 32.1. The summed E-state index contributed by atoms with van der Waals surface area (Å²) < 4.78 is 10.9. The first-order chi connectivity index (χ1) is 11.6. The molecule has 0 atom stereocenters. The number of aryl methyl sites for hydroxylation is 2. The van der Waals surface area contributed by atoms with Gasteiger partial charge in [-0.1, -0.05) is 5.16 Å². The smallest absolute Gasteiger partial charge is 0.205 e. The molecule has 2 aromatic heterocycles. The second kappa shape index (κ2) is 7.14. The number of hydrogen-bond acceptors (Lipinski definition) is 8. The minimum Gasteiger partial charge on any atom is -0.489 e. The van der Waals surface area contributed by atoms with Gasteiger partial charge in [-0.25, -0.2) is 4.98 Å². The van der Waals surface area contributed by atoms with Crippen molar-refractivity contribution in [1.29, 1.82) is 0 Å². The summed E-state index contributed by atoms with van der Waals surface area (Å²) in [5.41, 5.74) is 11.1. The summed E-state index contributed by atoms with van der Waals surface area (Å²) in [5, 5.41) is 10.4. The average Bonchev–Trinajstić information content (AvgIpc) is 3.13. The molecule has 3 N–H and O–H groups in total. The summed E-state index contributed by atoms with van der Waals surface area (Å²) in [6, 6.07) is 7.62. The number of nitrogens with one attached hydrogen (secondary N) is 1. The summed E-state index contributed by atoms with van der Waals surface area (Å²) in [6.07, 6.45) is 1.70. The van der Waals surface area contributed by atoms with Crippen LogP contribution in [0.5, 0.6) is 5.75 Å². The average molecular weight is 343 g/mol. The van der Waals surface area contributed by atoms with Crippen molar-refractivity contribution in [2.45, 2.75) is 20.5 Å². The van der Waals surface area contributed by atoms with Gasteiger partial charge < -0.3 is 15.0 Å². The Hall–Kier alpha value is -2.87. The molecule has 0 spiro atoms. The van der Waals surface area contributed by atoms with E-state index in [0.29, 0.717) is 17.6 Å². The van der Waals surface area contributed by atoms with Crippen molar-refractivity contribution >= 4 is 28.5 Å². The number of hydrazone groups is 1. The van der Waals surface area contributed by atoms with Crippen LogP contribution in [-0.2, 0) is 6.61 Å². The second-order valence-electron chi connectivity index (χ2n) is 5.11. The first kappa shape index (κ1) is 16.0. The lowest BCUT2D eigenvalue weighted by Gasteiger charge is -2.05. The summed E-state index contributed by atoms with van der Waals surface area (Å²) in [5.74, 6) is 2.04. The van der Waals surface area contributed by atoms with E-state index in [1.54, 1.807) is 11.6 Å². The van der Waals surface area contributed by atoms with Gasteiger partial charge in [0.2, 0.25) is 5.13 Å². The van der Waals surface area contributed by atoms with Gasteiger partial charge in [-0.2, -0.15) is 5.10 Å². The Balaban J connectivity index is 1.55. The van der Waals surface area contributed by atoms with Gasteiger partial charge in [-0.05, 0) is 43.7 Å². The Morgan fingerprint density at radius 2 is 2.12 bits per heavy atom. The normalized spacial score (nSPS) is 11.1. The van der Waals surface area contributed by atoms with Crippen LogP contribution in [0.1, 0.15) is 22.6 Å². The van der Waals surface area contributed by atoms with Crippen LogP contribution >= 0.6 is 11.3 Å². The summed E-state index contributed by atoms with van der Waals surface area (Å²) in [6.45, 7) is 4.21. The number of benzene rings is 1. The lowest BCUT2D eigenvalue weighted by atomic mass is 10.2. The maximum absolute atomic E-state index is 5.76. The molecule has 0 unspecified atom stereocenters. The van der Waals surface area contributed by atoms with E-state index < -0.39 is 0 Å². The summed E-state index contributed by atoms with van der Waals surface area (Å²) in [4.78, 5) is 4.06. The van der Waals surface area contributed by atoms with Crippen LogP contribution in [0.4, 0.5) is 10.9 Å². The van der Waals surface area contributed by atoms with Crippen LogP contribution in [0.25, 0.3) is 0 Å². The third-order valence-electron chi connectivity index (χ3n) is 3.34. The molecule has 0 fully saturated rings. The Kier molecular flexibility index (Phi) is 4.76. The van der Waals surface area contributed by atoms with E-state index in [2.05, 4.69) is 20.7 Å². The minimum atomic E-state index is 0.432. The molecule has 3 aromatic rings. The zero-order chi connectivity index (χ0) is 16.9. The summed E-state index contributed by atoms with van der Waals surface area (Å²) >= 11 is 1.40. The topological polar surface area (TPSA) is 98.6 Å². The zero-order valence-electron chi connectivity index (χ0n) is 13.3. The molecule has 8 heteroatoms. The van der Waals surface area contributed by atoms with Crippen LogP contribution in [0.3, 0.4) is 0 Å². The molecular formula is C16H17N5O2S. The Morgan fingerprint density at radius 1 is 1.33 bits per heavy atom. The van der Waals surface area contributed by atoms with Crippen molar-refractivity contribution in [2.75, 3.05) is 11.2 Å². The monoisotopic (exact) mass is 343 g/mol. The SMILES string of the molecule is Cc1noc(C)c1COc1ccc(C=NNc2nc(N)cs2)cc1. The number of aromatic nitrogens is 2. The van der Waals surface area contributed by atoms with E-state index in [9.17, 15) is 0 Å². The van der Waals surface area contributed by atoms with E-state index in [0.717, 1.165) is 28.3 Å². The maximum atomic E-state index is 5.76. The number of hydrogen-bond donors (Lipinski definition) is 2. The van der Waals surface area contributed by atoms with Gasteiger partial charge in [0.05, 0.1) is 17.5 Å². The Morgan fingerprint density at radius 3 is 2.75 bits per heavy atom. The van der Waals surface area contributed by atoms with Gasteiger partial charge in [0.15, 0.2) is 0 Å². The number of rotatable bonds is 6. The van der Waals surface area contributed by atoms with Gasteiger partial charge in [0, 0.05) is 5.38 Å². The fourth-order valence-electron chi connectivity index (χ4n) is 2.01. The molecule has 0 aliphatic carbocycles. The molecule has 0 bridgehead atoms. The molecule has 7 nitrogen and oxygen atoms in total. The van der Waals surface area contributed by atoms with E-state index in [-0.39, 0.29) is 0 Å². The van der Waals surface area contributed by atoms with Crippen LogP contribution in [-0.4, -0.2) is 16.4 Å². The first-order valence-corrected chi connectivity index (χ1v) is 8.14. The number of nitrogen functional groups attached to an aromatic ring is 1. The number of thiazole rings is 1. The molecule has 0 aliphatic rings. The highest BCUT2D eigenvalue weighted by Crippen LogP contribution is 2.18. The van der Waals surface area contributed by atoms with Crippen molar-refractivity contribution < 1.29 is 9.26 Å². The molecule has 0 amide bonds. The van der Waals surface area contributed by atoms with Crippen LogP contribution in [0.15, 0.2) is 39.3 Å². The zero-order valence-corrected chi connectivity index (χ0v) is 14.1. The fraction of sp³-hybridized carbons (Fsp3) is 0.188. The second-order valence-corrected chi connectivity index (χ2v) is 5.97. The molecule has 0 saturated heterocycles. The van der Waals surface area contributed by atoms with Gasteiger partial charge >= 0.3 is 0 Å². The van der Waals surface area contributed by atoms with Crippen molar-refractivity contribution in [3.8, 4) is 5.75 Å². The largest absolute Gasteiger partial charge is 0.489 e. The van der Waals surface area contributed by atoms with Gasteiger partial charge in [-0.15, -0.1) is 11.3 Å². The number of nitrogens with two attached hydrogens (primary N) is 1. The predicted molar refractivity (Wildman–Crippen MR) is 94.5 cm³/mol. The predicted octanol–water partition coefficient (Wildman–Crippen LogP) is 3.36. The summed E-state index contributed by atoms with van der Waals surface area (Å²) in [7, 11) is 0. The van der Waals surface area contributed by atoms with E-state index in [4.69, 9.17) is 15.0 Å². The van der Waals surface area contributed by atoms with Crippen LogP contribution in [0.2, 0.25) is 0 Å². The lowest BCUT2D eigenvalue weighted by molar-refractivity contribution is 0.301. The van der Waals surface area contributed by atoms with Gasteiger partial charge in [0.1, 0.15) is 23.9 Å². The molecule has 0 saturated carbocycles. The third-order valence-corrected chi connectivity index (χ3v) is 4.11. The van der Waals surface area contributed by atoms with Gasteiger partial charge in [-0.3, -0.25) is 5.43 Å².